The Morgan fingerprint density at radius 2 is 1.22 bits per heavy atom. The van der Waals surface area contributed by atoms with E-state index >= 15 is 0 Å². The third-order valence-electron chi connectivity index (χ3n) is 2.08. The van der Waals surface area contributed by atoms with Gasteiger partial charge in [0.05, 0.1) is 18.7 Å². The van der Waals surface area contributed by atoms with Crippen molar-refractivity contribution in [1.82, 2.24) is 0 Å². The molecule has 2 rings (SSSR count). The van der Waals surface area contributed by atoms with E-state index in [9.17, 15) is 9.59 Å². The molecule has 0 bridgehead atoms. The third-order valence-corrected chi connectivity index (χ3v) is 5.95. The molecule has 0 aliphatic rings. The summed E-state index contributed by atoms with van der Waals surface area (Å²) in [5, 5.41) is 17.9. The zero-order valence-electron chi connectivity index (χ0n) is 8.44. The van der Waals surface area contributed by atoms with E-state index < -0.39 is 11.9 Å². The van der Waals surface area contributed by atoms with E-state index in [-0.39, 0.29) is 11.1 Å². The molecule has 0 saturated heterocycles. The molecule has 4 nitrogen and oxygen atoms in total. The molecule has 2 aromatic rings. The van der Waals surface area contributed by atoms with Crippen molar-refractivity contribution in [2.24, 2.45) is 0 Å². The molecule has 2 N–H and O–H groups in total. The van der Waals surface area contributed by atoms with Crippen molar-refractivity contribution in [2.45, 2.75) is 0 Å². The number of hydrogen-bond acceptors (Lipinski definition) is 4. The number of rotatable bonds is 3. The molecule has 0 aromatic carbocycles. The molecule has 0 radical (unpaired) electrons. The summed E-state index contributed by atoms with van der Waals surface area (Å²) in [7, 11) is 0. The van der Waals surface area contributed by atoms with Crippen LogP contribution in [0.25, 0.3) is 9.75 Å². The Hall–Kier alpha value is -0.700. The second kappa shape index (κ2) is 5.12. The second-order valence-corrected chi connectivity index (χ2v) is 7.95. The summed E-state index contributed by atoms with van der Waals surface area (Å²) in [6, 6.07) is 3.06. The Balaban J connectivity index is 2.49. The van der Waals surface area contributed by atoms with Crippen LogP contribution in [0.1, 0.15) is 20.7 Å². The van der Waals surface area contributed by atoms with E-state index in [1.165, 1.54) is 34.8 Å². The summed E-state index contributed by atoms with van der Waals surface area (Å²) in [5.74, 6) is -2.03. The maximum absolute atomic E-state index is 10.9. The Bertz CT molecular complexity index is 588. The smallest absolute Gasteiger partial charge is 0.337 e. The van der Waals surface area contributed by atoms with Crippen LogP contribution in [-0.4, -0.2) is 22.2 Å². The van der Waals surface area contributed by atoms with E-state index in [1.807, 2.05) is 0 Å². The van der Waals surface area contributed by atoms with Gasteiger partial charge in [0.25, 0.3) is 0 Å². The average molecular weight is 412 g/mol. The maximum atomic E-state index is 10.9. The highest BCUT2D eigenvalue weighted by atomic mass is 79.9. The monoisotopic (exact) mass is 410 g/mol. The fourth-order valence-electron chi connectivity index (χ4n) is 1.27. The van der Waals surface area contributed by atoms with Gasteiger partial charge in [0.2, 0.25) is 0 Å². The van der Waals surface area contributed by atoms with E-state index in [2.05, 4.69) is 31.9 Å². The zero-order valence-corrected chi connectivity index (χ0v) is 13.2. The van der Waals surface area contributed by atoms with Crippen LogP contribution in [-0.2, 0) is 0 Å². The van der Waals surface area contributed by atoms with Gasteiger partial charge in [-0.15, -0.1) is 22.7 Å². The molecular formula is C10H4Br2O4S2. The highest BCUT2D eigenvalue weighted by molar-refractivity contribution is 9.11. The molecule has 8 heteroatoms. The normalized spacial score (nSPS) is 10.6. The second-order valence-electron chi connectivity index (χ2n) is 3.21. The SMILES string of the molecule is O=C(O)c1cc(-c2cc(C(=O)O)c(Br)s2)sc1Br. The van der Waals surface area contributed by atoms with Gasteiger partial charge in [0.1, 0.15) is 0 Å². The fourth-order valence-corrected chi connectivity index (χ4v) is 4.71. The quantitative estimate of drug-likeness (QED) is 0.784. The predicted molar refractivity (Wildman–Crippen MR) is 77.0 cm³/mol. The van der Waals surface area contributed by atoms with Gasteiger partial charge in [-0.2, -0.15) is 0 Å². The third kappa shape index (κ3) is 2.51. The molecule has 0 fully saturated rings. The highest BCUT2D eigenvalue weighted by Crippen LogP contribution is 2.41. The average Bonchev–Trinajstić information content (AvgIpc) is 2.81. The van der Waals surface area contributed by atoms with Crippen LogP contribution in [0.2, 0.25) is 0 Å². The lowest BCUT2D eigenvalue weighted by Gasteiger charge is -1.87. The van der Waals surface area contributed by atoms with Crippen LogP contribution in [0.4, 0.5) is 0 Å². The first-order chi connectivity index (χ1) is 8.40. The molecule has 2 aromatic heterocycles. The van der Waals surface area contributed by atoms with Crippen molar-refractivity contribution in [1.29, 1.82) is 0 Å². The van der Waals surface area contributed by atoms with Crippen molar-refractivity contribution >= 4 is 66.5 Å². The van der Waals surface area contributed by atoms with Gasteiger partial charge in [-0.25, -0.2) is 9.59 Å². The van der Waals surface area contributed by atoms with Gasteiger partial charge >= 0.3 is 11.9 Å². The molecular weight excluding hydrogens is 408 g/mol. The van der Waals surface area contributed by atoms with Crippen LogP contribution < -0.4 is 0 Å². The summed E-state index contributed by atoms with van der Waals surface area (Å²) < 4.78 is 1.04. The maximum Gasteiger partial charge on any atom is 0.337 e. The lowest BCUT2D eigenvalue weighted by Crippen LogP contribution is -1.93. The van der Waals surface area contributed by atoms with Crippen LogP contribution in [0.5, 0.6) is 0 Å². The minimum atomic E-state index is -1.02. The van der Waals surface area contributed by atoms with Gasteiger partial charge in [0.15, 0.2) is 0 Å². The summed E-state index contributed by atoms with van der Waals surface area (Å²) in [6.45, 7) is 0. The molecule has 0 atom stereocenters. The minimum Gasteiger partial charge on any atom is -0.478 e. The Kier molecular flexibility index (Phi) is 3.90. The topological polar surface area (TPSA) is 74.6 Å². The molecule has 18 heavy (non-hydrogen) atoms. The zero-order chi connectivity index (χ0) is 13.4. The van der Waals surface area contributed by atoms with Gasteiger partial charge in [-0.1, -0.05) is 0 Å². The van der Waals surface area contributed by atoms with E-state index in [0.29, 0.717) is 7.57 Å². The minimum absolute atomic E-state index is 0.177. The molecule has 94 valence electrons. The number of carbonyl (C=O) groups is 2. The Morgan fingerprint density at radius 1 is 0.889 bits per heavy atom. The Labute approximate surface area is 126 Å². The molecule has 2 heterocycles. The lowest BCUT2D eigenvalue weighted by molar-refractivity contribution is 0.0685. The number of carboxylic acids is 2. The lowest BCUT2D eigenvalue weighted by atomic mass is 10.2. The first-order valence-corrected chi connectivity index (χ1v) is 7.67. The predicted octanol–water partition coefficient (Wildman–Crippen LogP) is 4.40. The van der Waals surface area contributed by atoms with Crippen LogP contribution in [0.3, 0.4) is 0 Å². The molecule has 0 saturated carbocycles. The van der Waals surface area contributed by atoms with Crippen molar-refractivity contribution in [2.75, 3.05) is 0 Å². The Morgan fingerprint density at radius 3 is 1.44 bits per heavy atom. The van der Waals surface area contributed by atoms with Gasteiger partial charge < -0.3 is 10.2 Å². The first-order valence-electron chi connectivity index (χ1n) is 4.45. The molecule has 0 aliphatic carbocycles. The number of hydrogen-bond donors (Lipinski definition) is 2. The standard InChI is InChI=1S/C10H4Br2O4S2/c11-7-3(9(13)14)1-5(17-7)6-2-4(10(15)16)8(12)18-6/h1-2H,(H,13,14)(H,15,16). The summed E-state index contributed by atoms with van der Waals surface area (Å²) in [4.78, 5) is 23.3. The summed E-state index contributed by atoms with van der Waals surface area (Å²) in [5.41, 5.74) is 0.354. The van der Waals surface area contributed by atoms with E-state index in [4.69, 9.17) is 10.2 Å². The molecule has 0 amide bonds. The van der Waals surface area contributed by atoms with Crippen molar-refractivity contribution in [3.63, 3.8) is 0 Å². The summed E-state index contributed by atoms with van der Waals surface area (Å²) >= 11 is 8.89. The van der Waals surface area contributed by atoms with Crippen molar-refractivity contribution < 1.29 is 19.8 Å². The van der Waals surface area contributed by atoms with Gasteiger partial charge in [-0.05, 0) is 44.0 Å². The van der Waals surface area contributed by atoms with Crippen LogP contribution in [0.15, 0.2) is 19.7 Å². The van der Waals surface area contributed by atoms with Gasteiger partial charge in [-0.3, -0.25) is 0 Å². The van der Waals surface area contributed by atoms with E-state index in [1.54, 1.807) is 0 Å². The number of carboxylic acid groups (broad SMARTS) is 2. The summed E-state index contributed by atoms with van der Waals surface area (Å²) in [6.07, 6.45) is 0. The molecule has 0 spiro atoms. The number of halogens is 2. The largest absolute Gasteiger partial charge is 0.478 e. The van der Waals surface area contributed by atoms with Crippen LogP contribution >= 0.6 is 54.5 Å². The first kappa shape index (κ1) is 13.7. The van der Waals surface area contributed by atoms with Crippen molar-refractivity contribution in [3.8, 4) is 9.75 Å². The number of aromatic carboxylic acids is 2. The molecule has 0 aliphatic heterocycles. The fraction of sp³-hybridized carbons (Fsp3) is 0. The van der Waals surface area contributed by atoms with Gasteiger partial charge in [0, 0.05) is 9.75 Å². The van der Waals surface area contributed by atoms with Crippen LogP contribution in [0, 0.1) is 0 Å². The molecule has 0 unspecified atom stereocenters. The van der Waals surface area contributed by atoms with Crippen molar-refractivity contribution in [3.05, 3.63) is 30.8 Å². The highest BCUT2D eigenvalue weighted by Gasteiger charge is 2.18. The van der Waals surface area contributed by atoms with E-state index in [0.717, 1.165) is 9.75 Å². The number of thiophene rings is 2.